The number of nitrogens with zero attached hydrogens (tertiary/aromatic N) is 4. The minimum Gasteiger partial charge on any atom is -0.497 e. The van der Waals surface area contributed by atoms with E-state index in [4.69, 9.17) is 42.4 Å². The number of benzene rings is 3. The van der Waals surface area contributed by atoms with Crippen LogP contribution in [0.4, 0.5) is 4.79 Å². The molecule has 6 aromatic rings. The summed E-state index contributed by atoms with van der Waals surface area (Å²) in [6.07, 6.45) is 3.11. The fraction of sp³-hybridized carbons (Fsp3) is 0.233. The van der Waals surface area contributed by atoms with Crippen LogP contribution in [0.2, 0.25) is 10.0 Å². The molecule has 0 saturated carbocycles. The zero-order valence-electron chi connectivity index (χ0n) is 31.9. The third kappa shape index (κ3) is 8.42. The molecule has 7 rings (SSSR count). The summed E-state index contributed by atoms with van der Waals surface area (Å²) >= 11 is 14.2. The first-order chi connectivity index (χ1) is 28.1. The van der Waals surface area contributed by atoms with Crippen LogP contribution in [0.1, 0.15) is 29.5 Å². The van der Waals surface area contributed by atoms with Crippen LogP contribution in [0.5, 0.6) is 17.4 Å². The molecule has 0 aliphatic carbocycles. The van der Waals surface area contributed by atoms with Gasteiger partial charge in [-0.2, -0.15) is 0 Å². The maximum atomic E-state index is 13.5. The van der Waals surface area contributed by atoms with Gasteiger partial charge in [-0.1, -0.05) is 65.7 Å². The molecule has 298 valence electrons. The van der Waals surface area contributed by atoms with Crippen LogP contribution < -0.4 is 30.4 Å². The SMILES string of the molecule is COc1ccc(CNCc2cnc3cc(-c4cccc(-c5cccc(-c6ccc(CN(C[C@@H]7CCC(=O)N7)C(=O)O)c(OC)n6)c5Cl)c4Cl)ccn3c2=O)c(OC)c1. The normalized spacial score (nSPS) is 13.7. The van der Waals surface area contributed by atoms with Gasteiger partial charge in [-0.05, 0) is 42.3 Å². The molecule has 58 heavy (non-hydrogen) atoms. The molecule has 1 aliphatic rings. The lowest BCUT2D eigenvalue weighted by Crippen LogP contribution is -2.41. The summed E-state index contributed by atoms with van der Waals surface area (Å²) in [6.45, 7) is 0.949. The average molecular weight is 824 g/mol. The highest BCUT2D eigenvalue weighted by molar-refractivity contribution is 6.39. The Balaban J connectivity index is 1.11. The summed E-state index contributed by atoms with van der Waals surface area (Å²) < 4.78 is 17.9. The first-order valence-corrected chi connectivity index (χ1v) is 19.1. The van der Waals surface area contributed by atoms with Crippen LogP contribution in [-0.4, -0.2) is 70.3 Å². The molecule has 4 heterocycles. The summed E-state index contributed by atoms with van der Waals surface area (Å²) in [6, 6.07) is 23.7. The number of nitrogens with one attached hydrogen (secondary N) is 2. The first kappa shape index (κ1) is 40.1. The number of rotatable bonds is 14. The minimum absolute atomic E-state index is 0.0208. The van der Waals surface area contributed by atoms with Crippen LogP contribution in [0.3, 0.4) is 0 Å². The number of ether oxygens (including phenoxy) is 3. The molecule has 1 saturated heterocycles. The predicted molar refractivity (Wildman–Crippen MR) is 222 cm³/mol. The van der Waals surface area contributed by atoms with Crippen LogP contribution >= 0.6 is 23.2 Å². The van der Waals surface area contributed by atoms with Crippen molar-refractivity contribution in [3.8, 4) is 50.9 Å². The predicted octanol–water partition coefficient (Wildman–Crippen LogP) is 7.47. The van der Waals surface area contributed by atoms with Crippen molar-refractivity contribution in [1.82, 2.24) is 29.9 Å². The highest BCUT2D eigenvalue weighted by atomic mass is 35.5. The van der Waals surface area contributed by atoms with E-state index in [0.29, 0.717) is 86.6 Å². The average Bonchev–Trinajstić information content (AvgIpc) is 3.65. The third-order valence-electron chi connectivity index (χ3n) is 10.1. The molecule has 2 amide bonds. The van der Waals surface area contributed by atoms with E-state index >= 15 is 0 Å². The van der Waals surface area contributed by atoms with Crippen molar-refractivity contribution in [2.24, 2.45) is 0 Å². The van der Waals surface area contributed by atoms with Crippen LogP contribution in [-0.2, 0) is 24.4 Å². The number of hydrogen-bond acceptors (Lipinski definition) is 9. The topological polar surface area (TPSA) is 157 Å². The standard InChI is InChI=1S/C43H40Cl2N6O7/c1-56-30-13-10-26(36(19-30)57-2)20-46-21-28-22-47-37-18-25(16-17-51(37)42(28)53)31-6-4-7-32(39(31)44)33-8-5-9-34(40(33)45)35-14-11-27(41(49-35)58-3)23-50(43(54)55)24-29-12-15-38(52)48-29/h4-11,13-14,16-19,22,29,46H,12,15,20-21,23-24H2,1-3H3,(H,48,52)(H,54,55)/t29-/m0/s1. The molecule has 3 N–H and O–H groups in total. The van der Waals surface area contributed by atoms with Crippen LogP contribution in [0, 0.1) is 0 Å². The van der Waals surface area contributed by atoms with Crippen LogP contribution in [0.25, 0.3) is 39.2 Å². The minimum atomic E-state index is -1.11. The van der Waals surface area contributed by atoms with Crippen molar-refractivity contribution in [3.05, 3.63) is 128 Å². The maximum absolute atomic E-state index is 13.5. The number of halogens is 2. The zero-order valence-corrected chi connectivity index (χ0v) is 33.4. The van der Waals surface area contributed by atoms with Crippen molar-refractivity contribution < 1.29 is 28.9 Å². The summed E-state index contributed by atoms with van der Waals surface area (Å²) in [7, 11) is 4.67. The number of carbonyl (C=O) groups is 2. The Bertz CT molecular complexity index is 2580. The number of hydrogen-bond donors (Lipinski definition) is 3. The van der Waals surface area contributed by atoms with Gasteiger partial charge in [0.1, 0.15) is 17.1 Å². The number of amides is 2. The Kier molecular flexibility index (Phi) is 12.1. The molecular formula is C43H40Cl2N6O7. The van der Waals surface area contributed by atoms with E-state index in [1.165, 1.54) is 16.4 Å². The highest BCUT2D eigenvalue weighted by Gasteiger charge is 2.26. The Labute approximate surface area is 344 Å². The Morgan fingerprint density at radius 1 is 0.879 bits per heavy atom. The van der Waals surface area contributed by atoms with Crippen LogP contribution in [0.15, 0.2) is 96.1 Å². The fourth-order valence-electron chi connectivity index (χ4n) is 7.04. The Morgan fingerprint density at radius 2 is 1.59 bits per heavy atom. The van der Waals surface area contributed by atoms with Gasteiger partial charge >= 0.3 is 6.09 Å². The molecule has 0 bridgehead atoms. The van der Waals surface area contributed by atoms with Gasteiger partial charge < -0.3 is 34.9 Å². The molecule has 0 radical (unpaired) electrons. The molecule has 1 fully saturated rings. The molecule has 15 heteroatoms. The zero-order chi connectivity index (χ0) is 40.9. The smallest absolute Gasteiger partial charge is 0.407 e. The lowest BCUT2D eigenvalue weighted by molar-refractivity contribution is -0.119. The second-order valence-electron chi connectivity index (χ2n) is 13.7. The molecule has 1 aliphatic heterocycles. The van der Waals surface area contributed by atoms with Crippen molar-refractivity contribution in [2.75, 3.05) is 27.9 Å². The molecule has 1 atom stereocenters. The van der Waals surface area contributed by atoms with E-state index in [1.54, 1.807) is 38.7 Å². The third-order valence-corrected chi connectivity index (χ3v) is 10.9. The number of pyridine rings is 2. The van der Waals surface area contributed by atoms with Gasteiger partial charge in [0.25, 0.3) is 5.56 Å². The Hall–Kier alpha value is -6.15. The molecule has 0 unspecified atom stereocenters. The van der Waals surface area contributed by atoms with Crippen molar-refractivity contribution >= 4 is 40.8 Å². The number of fused-ring (bicyclic) bond motifs is 1. The summed E-state index contributed by atoms with van der Waals surface area (Å²) in [5, 5.41) is 16.9. The van der Waals surface area contributed by atoms with Gasteiger partial charge in [-0.3, -0.25) is 14.0 Å². The fourth-order valence-corrected chi connectivity index (χ4v) is 7.71. The lowest BCUT2D eigenvalue weighted by Gasteiger charge is -2.23. The van der Waals surface area contributed by atoms with E-state index in [2.05, 4.69) is 15.6 Å². The van der Waals surface area contributed by atoms with Gasteiger partial charge in [0.05, 0.1) is 49.2 Å². The second kappa shape index (κ2) is 17.6. The van der Waals surface area contributed by atoms with E-state index in [-0.39, 0.29) is 36.5 Å². The molecule has 0 spiro atoms. The van der Waals surface area contributed by atoms with E-state index in [1.807, 2.05) is 66.7 Å². The number of carboxylic acid groups (broad SMARTS) is 1. The summed E-state index contributed by atoms with van der Waals surface area (Å²) in [5.41, 5.74) is 6.25. The quantitative estimate of drug-likeness (QED) is 0.101. The van der Waals surface area contributed by atoms with Crippen molar-refractivity contribution in [3.63, 3.8) is 0 Å². The number of carbonyl (C=O) groups excluding carboxylic acids is 1. The van der Waals surface area contributed by atoms with Gasteiger partial charge in [-0.15, -0.1) is 0 Å². The van der Waals surface area contributed by atoms with Gasteiger partial charge in [0.2, 0.25) is 11.8 Å². The number of aromatic nitrogens is 3. The molecule has 3 aromatic carbocycles. The van der Waals surface area contributed by atoms with Gasteiger partial charge in [0.15, 0.2) is 0 Å². The first-order valence-electron chi connectivity index (χ1n) is 18.4. The monoisotopic (exact) mass is 822 g/mol. The molecular weight excluding hydrogens is 783 g/mol. The van der Waals surface area contributed by atoms with Crippen molar-refractivity contribution in [2.45, 2.75) is 38.5 Å². The summed E-state index contributed by atoms with van der Waals surface area (Å²) in [5.74, 6) is 1.55. The molecule has 3 aromatic heterocycles. The maximum Gasteiger partial charge on any atom is 0.407 e. The van der Waals surface area contributed by atoms with E-state index < -0.39 is 6.09 Å². The lowest BCUT2D eigenvalue weighted by atomic mass is 9.97. The second-order valence-corrected chi connectivity index (χ2v) is 14.4. The van der Waals surface area contributed by atoms with Crippen molar-refractivity contribution in [1.29, 1.82) is 0 Å². The summed E-state index contributed by atoms with van der Waals surface area (Å²) in [4.78, 5) is 47.8. The highest BCUT2D eigenvalue weighted by Crippen LogP contribution is 2.42. The number of methoxy groups -OCH3 is 3. The largest absolute Gasteiger partial charge is 0.497 e. The van der Waals surface area contributed by atoms with Gasteiger partial charge in [-0.25, -0.2) is 14.8 Å². The molecule has 13 nitrogen and oxygen atoms in total. The van der Waals surface area contributed by atoms with E-state index in [0.717, 1.165) is 16.7 Å². The van der Waals surface area contributed by atoms with Gasteiger partial charge in [0, 0.05) is 83.9 Å². The Morgan fingerprint density at radius 3 is 2.28 bits per heavy atom. The van der Waals surface area contributed by atoms with E-state index in [9.17, 15) is 19.5 Å².